The lowest BCUT2D eigenvalue weighted by molar-refractivity contribution is -0.145. The maximum absolute atomic E-state index is 11.8. The zero-order valence-corrected chi connectivity index (χ0v) is 20.3. The molecule has 172 valence electrons. The minimum absolute atomic E-state index is 0.0131. The number of rotatable bonds is 21. The maximum atomic E-state index is 11.8. The van der Waals surface area contributed by atoms with Crippen molar-refractivity contribution in [1.29, 1.82) is 0 Å². The van der Waals surface area contributed by atoms with Crippen LogP contribution >= 0.6 is 0 Å². The van der Waals surface area contributed by atoms with Crippen LogP contribution in [0.5, 0.6) is 0 Å². The van der Waals surface area contributed by atoms with Crippen molar-refractivity contribution in [1.82, 2.24) is 4.90 Å². The van der Waals surface area contributed by atoms with Gasteiger partial charge < -0.3 is 9.64 Å². The summed E-state index contributed by atoms with van der Waals surface area (Å²) in [6.45, 7) is 8.46. The van der Waals surface area contributed by atoms with Crippen LogP contribution in [0.15, 0.2) is 12.2 Å². The second-order valence-corrected chi connectivity index (χ2v) is 9.16. The third-order valence-corrected chi connectivity index (χ3v) is 5.57. The Morgan fingerprint density at radius 2 is 1.14 bits per heavy atom. The van der Waals surface area contributed by atoms with Gasteiger partial charge in [-0.15, -0.1) is 0 Å². The minimum atomic E-state index is -0.256. The van der Waals surface area contributed by atoms with Crippen LogP contribution in [0.1, 0.15) is 123 Å². The van der Waals surface area contributed by atoms with Crippen LogP contribution in [0.4, 0.5) is 0 Å². The van der Waals surface area contributed by atoms with E-state index in [1.807, 2.05) is 14.1 Å². The molecule has 0 bridgehead atoms. The number of likely N-dealkylation sites (N-methyl/N-ethyl adjacent to an activating group) is 1. The lowest BCUT2D eigenvalue weighted by Crippen LogP contribution is -2.30. The molecule has 3 heteroatoms. The molecule has 0 N–H and O–H groups in total. The molecule has 0 saturated carbocycles. The lowest BCUT2D eigenvalue weighted by atomic mass is 10.0. The number of carbonyl (C=O) groups excluding carboxylic acids is 1. The fraction of sp³-hybridized carbons (Fsp3) is 0.885. The van der Waals surface area contributed by atoms with Crippen molar-refractivity contribution < 1.29 is 9.53 Å². The summed E-state index contributed by atoms with van der Waals surface area (Å²) < 4.78 is 5.57. The van der Waals surface area contributed by atoms with Gasteiger partial charge in [0.1, 0.15) is 6.10 Å². The second-order valence-electron chi connectivity index (χ2n) is 9.16. The van der Waals surface area contributed by atoms with Crippen LogP contribution in [-0.2, 0) is 9.53 Å². The van der Waals surface area contributed by atoms with Crippen LogP contribution in [-0.4, -0.2) is 37.6 Å². The molecule has 0 rings (SSSR count). The Morgan fingerprint density at radius 3 is 1.48 bits per heavy atom. The first kappa shape index (κ1) is 28.2. The molecule has 0 spiro atoms. The number of unbranched alkanes of at least 4 members (excludes halogenated alkanes) is 15. The molecular formula is C26H51NO2. The Labute approximate surface area is 182 Å². The van der Waals surface area contributed by atoms with E-state index in [2.05, 4.69) is 18.4 Å². The average molecular weight is 410 g/mol. The summed E-state index contributed by atoms with van der Waals surface area (Å²) in [6.07, 6.45) is 23.0. The molecule has 0 fully saturated rings. The van der Waals surface area contributed by atoms with Crippen molar-refractivity contribution in [2.75, 3.05) is 20.6 Å². The molecular weight excluding hydrogens is 358 g/mol. The van der Waals surface area contributed by atoms with Crippen LogP contribution in [0.3, 0.4) is 0 Å². The van der Waals surface area contributed by atoms with E-state index in [9.17, 15) is 4.79 Å². The highest BCUT2D eigenvalue weighted by atomic mass is 16.5. The summed E-state index contributed by atoms with van der Waals surface area (Å²) in [5.41, 5.74) is 0.487. The fourth-order valence-electron chi connectivity index (χ4n) is 3.77. The van der Waals surface area contributed by atoms with E-state index in [-0.39, 0.29) is 12.1 Å². The zero-order valence-electron chi connectivity index (χ0n) is 20.3. The summed E-state index contributed by atoms with van der Waals surface area (Å²) >= 11 is 0. The van der Waals surface area contributed by atoms with E-state index < -0.39 is 0 Å². The molecule has 0 aliphatic carbocycles. The van der Waals surface area contributed by atoms with Crippen LogP contribution < -0.4 is 0 Å². The first-order valence-electron chi connectivity index (χ1n) is 12.5. The van der Waals surface area contributed by atoms with Gasteiger partial charge in [-0.25, -0.2) is 4.79 Å². The molecule has 1 atom stereocenters. The third kappa shape index (κ3) is 20.2. The summed E-state index contributed by atoms with van der Waals surface area (Å²) in [6, 6.07) is 0. The van der Waals surface area contributed by atoms with Gasteiger partial charge in [0.25, 0.3) is 0 Å². The van der Waals surface area contributed by atoms with Gasteiger partial charge in [0.2, 0.25) is 0 Å². The quantitative estimate of drug-likeness (QED) is 0.110. The Morgan fingerprint density at radius 1 is 0.759 bits per heavy atom. The van der Waals surface area contributed by atoms with Gasteiger partial charge in [-0.1, -0.05) is 110 Å². The largest absolute Gasteiger partial charge is 0.458 e. The van der Waals surface area contributed by atoms with Crippen molar-refractivity contribution >= 4 is 5.97 Å². The molecule has 0 aromatic carbocycles. The summed E-state index contributed by atoms with van der Waals surface area (Å²) in [4.78, 5) is 13.9. The molecule has 0 heterocycles. The Bertz CT molecular complexity index is 392. The molecule has 0 amide bonds. The van der Waals surface area contributed by atoms with Gasteiger partial charge in [0.15, 0.2) is 0 Å². The third-order valence-electron chi connectivity index (χ3n) is 5.57. The van der Waals surface area contributed by atoms with Crippen molar-refractivity contribution in [3.63, 3.8) is 0 Å². The van der Waals surface area contributed by atoms with Gasteiger partial charge in [0, 0.05) is 12.1 Å². The van der Waals surface area contributed by atoms with Crippen molar-refractivity contribution in [2.24, 2.45) is 0 Å². The number of hydrogen-bond acceptors (Lipinski definition) is 3. The van der Waals surface area contributed by atoms with E-state index in [0.29, 0.717) is 5.57 Å². The van der Waals surface area contributed by atoms with E-state index in [0.717, 1.165) is 19.4 Å². The monoisotopic (exact) mass is 409 g/mol. The number of hydrogen-bond donors (Lipinski definition) is 0. The van der Waals surface area contributed by atoms with Crippen molar-refractivity contribution in [3.8, 4) is 0 Å². The molecule has 0 aromatic heterocycles. The topological polar surface area (TPSA) is 29.5 Å². The Hall–Kier alpha value is -0.830. The van der Waals surface area contributed by atoms with Crippen LogP contribution in [0.25, 0.3) is 0 Å². The van der Waals surface area contributed by atoms with E-state index >= 15 is 0 Å². The molecule has 0 saturated heterocycles. The number of carbonyl (C=O) groups is 1. The van der Waals surface area contributed by atoms with Crippen molar-refractivity contribution in [3.05, 3.63) is 12.2 Å². The molecule has 1 unspecified atom stereocenters. The summed E-state index contributed by atoms with van der Waals surface area (Å²) in [7, 11) is 4.05. The summed E-state index contributed by atoms with van der Waals surface area (Å²) in [5.74, 6) is -0.256. The fourth-order valence-corrected chi connectivity index (χ4v) is 3.77. The van der Waals surface area contributed by atoms with Gasteiger partial charge in [0.05, 0.1) is 0 Å². The van der Waals surface area contributed by atoms with Crippen LogP contribution in [0, 0.1) is 0 Å². The van der Waals surface area contributed by atoms with E-state index in [1.54, 1.807) is 6.92 Å². The number of esters is 1. The zero-order chi connectivity index (χ0) is 21.7. The maximum Gasteiger partial charge on any atom is 0.333 e. The van der Waals surface area contributed by atoms with Crippen LogP contribution in [0.2, 0.25) is 0 Å². The molecule has 0 aliphatic rings. The van der Waals surface area contributed by atoms with Gasteiger partial charge in [-0.3, -0.25) is 0 Å². The SMILES string of the molecule is C=C(C)C(=O)OC(CCCCCCCCCCCCCCCCCC)CN(C)C. The van der Waals surface area contributed by atoms with Gasteiger partial charge in [-0.05, 0) is 33.9 Å². The molecule has 3 nitrogen and oxygen atoms in total. The Balaban J connectivity index is 3.47. The van der Waals surface area contributed by atoms with E-state index in [1.165, 1.54) is 96.3 Å². The number of ether oxygens (including phenoxy) is 1. The second kappa shape index (κ2) is 20.4. The Kier molecular flexibility index (Phi) is 19.9. The normalized spacial score (nSPS) is 12.3. The minimum Gasteiger partial charge on any atom is -0.458 e. The van der Waals surface area contributed by atoms with Gasteiger partial charge in [-0.2, -0.15) is 0 Å². The molecule has 29 heavy (non-hydrogen) atoms. The molecule has 0 radical (unpaired) electrons. The van der Waals surface area contributed by atoms with E-state index in [4.69, 9.17) is 4.74 Å². The highest BCUT2D eigenvalue weighted by Crippen LogP contribution is 2.15. The first-order valence-corrected chi connectivity index (χ1v) is 12.5. The highest BCUT2D eigenvalue weighted by molar-refractivity contribution is 5.87. The average Bonchev–Trinajstić information content (AvgIpc) is 2.66. The molecule has 0 aliphatic heterocycles. The predicted octanol–water partition coefficient (Wildman–Crippen LogP) is 7.69. The highest BCUT2D eigenvalue weighted by Gasteiger charge is 2.15. The molecule has 0 aromatic rings. The number of nitrogens with zero attached hydrogens (tertiary/aromatic N) is 1. The lowest BCUT2D eigenvalue weighted by Gasteiger charge is -2.21. The smallest absolute Gasteiger partial charge is 0.333 e. The first-order chi connectivity index (χ1) is 14.0. The van der Waals surface area contributed by atoms with Gasteiger partial charge >= 0.3 is 5.97 Å². The predicted molar refractivity (Wildman–Crippen MR) is 127 cm³/mol. The van der Waals surface area contributed by atoms with Crippen molar-refractivity contribution in [2.45, 2.75) is 129 Å². The summed E-state index contributed by atoms with van der Waals surface area (Å²) in [5, 5.41) is 0. The standard InChI is InChI=1S/C26H51NO2/c1-6-7-8-9-10-11-12-13-14-15-16-17-18-19-20-21-22-25(23-27(4)5)29-26(28)24(2)3/h25H,2,6-23H2,1,3-5H3.